The minimum absolute atomic E-state index is 0.0125. The molecule has 1 aliphatic carbocycles. The average Bonchev–Trinajstić information content (AvgIpc) is 2.54. The van der Waals surface area contributed by atoms with Crippen LogP contribution in [0.15, 0.2) is 34.8 Å². The van der Waals surface area contributed by atoms with E-state index < -0.39 is 0 Å². The third kappa shape index (κ3) is 1.37. The van der Waals surface area contributed by atoms with Gasteiger partial charge in [0, 0.05) is 27.0 Å². The Hall–Kier alpha value is -1.81. The molecule has 4 N–H and O–H groups in total. The number of nitrogen functional groups attached to an aromatic ring is 2. The predicted octanol–water partition coefficient (Wildman–Crippen LogP) is 2.82. The van der Waals surface area contributed by atoms with Crippen LogP contribution in [0.2, 0.25) is 0 Å². The van der Waals surface area contributed by atoms with Crippen molar-refractivity contribution in [2.45, 2.75) is 0 Å². The smallest absolute Gasteiger partial charge is 0.194 e. The third-order valence-electron chi connectivity index (χ3n) is 2.96. The van der Waals surface area contributed by atoms with E-state index in [4.69, 9.17) is 11.5 Å². The standard InChI is InChI=1S/C13H9BrN2O/c14-11-4-8-7-2-1-6(15)3-9(7)13(17)10(8)5-12(11)16/h1-5H,15-16H2. The van der Waals surface area contributed by atoms with Crippen molar-refractivity contribution in [1.82, 2.24) is 0 Å². The lowest BCUT2D eigenvalue weighted by Crippen LogP contribution is -1.97. The molecule has 0 amide bonds. The molecule has 1 aliphatic rings. The molecule has 0 aromatic heterocycles. The fourth-order valence-electron chi connectivity index (χ4n) is 2.13. The largest absolute Gasteiger partial charge is 0.399 e. The minimum atomic E-state index is -0.0125. The fraction of sp³-hybridized carbons (Fsp3) is 0. The van der Waals surface area contributed by atoms with E-state index in [0.29, 0.717) is 22.5 Å². The van der Waals surface area contributed by atoms with E-state index in [1.807, 2.05) is 12.1 Å². The molecular formula is C13H9BrN2O. The quantitative estimate of drug-likeness (QED) is 0.625. The van der Waals surface area contributed by atoms with Gasteiger partial charge in [0.2, 0.25) is 0 Å². The summed E-state index contributed by atoms with van der Waals surface area (Å²) < 4.78 is 0.800. The van der Waals surface area contributed by atoms with Gasteiger partial charge in [0.25, 0.3) is 0 Å². The first-order valence-electron chi connectivity index (χ1n) is 5.11. The van der Waals surface area contributed by atoms with Crippen LogP contribution in [0.3, 0.4) is 0 Å². The van der Waals surface area contributed by atoms with Gasteiger partial charge < -0.3 is 11.5 Å². The molecule has 0 fully saturated rings. The molecule has 0 atom stereocenters. The van der Waals surface area contributed by atoms with Crippen molar-refractivity contribution >= 4 is 33.1 Å². The molecule has 0 unspecified atom stereocenters. The van der Waals surface area contributed by atoms with Gasteiger partial charge in [-0.1, -0.05) is 6.07 Å². The summed E-state index contributed by atoms with van der Waals surface area (Å²) in [6, 6.07) is 8.97. The van der Waals surface area contributed by atoms with Crippen LogP contribution in [0.1, 0.15) is 15.9 Å². The maximum absolute atomic E-state index is 12.2. The molecule has 0 aliphatic heterocycles. The fourth-order valence-corrected chi connectivity index (χ4v) is 2.47. The lowest BCUT2D eigenvalue weighted by atomic mass is 10.1. The van der Waals surface area contributed by atoms with Crippen LogP contribution in [0.5, 0.6) is 0 Å². The van der Waals surface area contributed by atoms with Gasteiger partial charge in [-0.2, -0.15) is 0 Å². The Morgan fingerprint density at radius 3 is 2.35 bits per heavy atom. The molecule has 17 heavy (non-hydrogen) atoms. The van der Waals surface area contributed by atoms with E-state index >= 15 is 0 Å². The van der Waals surface area contributed by atoms with Gasteiger partial charge in [-0.25, -0.2) is 0 Å². The van der Waals surface area contributed by atoms with Crippen molar-refractivity contribution in [2.75, 3.05) is 11.5 Å². The zero-order valence-electron chi connectivity index (χ0n) is 8.83. The molecule has 2 aromatic carbocycles. The number of ketones is 1. The number of hydrogen-bond acceptors (Lipinski definition) is 3. The van der Waals surface area contributed by atoms with Crippen molar-refractivity contribution in [2.24, 2.45) is 0 Å². The lowest BCUT2D eigenvalue weighted by molar-refractivity contribution is 0.104. The minimum Gasteiger partial charge on any atom is -0.399 e. The van der Waals surface area contributed by atoms with E-state index in [-0.39, 0.29) is 5.78 Å². The van der Waals surface area contributed by atoms with Crippen LogP contribution in [0, 0.1) is 0 Å². The highest BCUT2D eigenvalue weighted by atomic mass is 79.9. The number of carbonyl (C=O) groups is 1. The Balaban J connectivity index is 2.35. The molecule has 0 saturated heterocycles. The van der Waals surface area contributed by atoms with Gasteiger partial charge in [-0.15, -0.1) is 0 Å². The first-order valence-corrected chi connectivity index (χ1v) is 5.91. The Labute approximate surface area is 107 Å². The van der Waals surface area contributed by atoms with Crippen molar-refractivity contribution in [3.63, 3.8) is 0 Å². The van der Waals surface area contributed by atoms with Crippen LogP contribution < -0.4 is 11.5 Å². The summed E-state index contributed by atoms with van der Waals surface area (Å²) in [6.07, 6.45) is 0. The highest BCUT2D eigenvalue weighted by molar-refractivity contribution is 9.10. The monoisotopic (exact) mass is 288 g/mol. The molecule has 84 valence electrons. The van der Waals surface area contributed by atoms with E-state index in [0.717, 1.165) is 15.6 Å². The van der Waals surface area contributed by atoms with E-state index in [9.17, 15) is 4.79 Å². The first-order chi connectivity index (χ1) is 8.08. The SMILES string of the molecule is Nc1ccc2c(c1)C(=O)c1cc(N)c(Br)cc1-2. The number of halogens is 1. The second-order valence-electron chi connectivity index (χ2n) is 4.05. The molecular weight excluding hydrogens is 280 g/mol. The predicted molar refractivity (Wildman–Crippen MR) is 71.8 cm³/mol. The van der Waals surface area contributed by atoms with Crippen LogP contribution in [0.4, 0.5) is 11.4 Å². The number of benzene rings is 2. The average molecular weight is 289 g/mol. The van der Waals surface area contributed by atoms with E-state index in [2.05, 4.69) is 15.9 Å². The zero-order chi connectivity index (χ0) is 12.2. The van der Waals surface area contributed by atoms with Crippen molar-refractivity contribution in [3.05, 3.63) is 45.9 Å². The summed E-state index contributed by atoms with van der Waals surface area (Å²) >= 11 is 3.37. The molecule has 0 heterocycles. The summed E-state index contributed by atoms with van der Waals surface area (Å²) in [6.45, 7) is 0. The molecule has 0 saturated carbocycles. The molecule has 3 rings (SSSR count). The first kappa shape index (κ1) is 10.4. The summed E-state index contributed by atoms with van der Waals surface area (Å²) in [5.74, 6) is -0.0125. The number of rotatable bonds is 0. The summed E-state index contributed by atoms with van der Waals surface area (Å²) in [7, 11) is 0. The molecule has 4 heteroatoms. The Morgan fingerprint density at radius 2 is 1.59 bits per heavy atom. The molecule has 0 spiro atoms. The van der Waals surface area contributed by atoms with Crippen LogP contribution >= 0.6 is 15.9 Å². The second kappa shape index (κ2) is 3.34. The summed E-state index contributed by atoms with van der Waals surface area (Å²) in [5.41, 5.74) is 15.8. The third-order valence-corrected chi connectivity index (χ3v) is 3.65. The Bertz CT molecular complexity index is 665. The van der Waals surface area contributed by atoms with Crippen molar-refractivity contribution in [3.8, 4) is 11.1 Å². The Kier molecular flexibility index (Phi) is 2.03. The van der Waals surface area contributed by atoms with E-state index in [1.165, 1.54) is 0 Å². The second-order valence-corrected chi connectivity index (χ2v) is 4.91. The number of nitrogens with two attached hydrogens (primary N) is 2. The Morgan fingerprint density at radius 1 is 0.882 bits per heavy atom. The number of carbonyl (C=O) groups excluding carboxylic acids is 1. The summed E-state index contributed by atoms with van der Waals surface area (Å²) in [5, 5.41) is 0. The number of anilines is 2. The number of fused-ring (bicyclic) bond motifs is 3. The highest BCUT2D eigenvalue weighted by Crippen LogP contribution is 2.40. The topological polar surface area (TPSA) is 69.1 Å². The lowest BCUT2D eigenvalue weighted by Gasteiger charge is -2.03. The molecule has 0 bridgehead atoms. The van der Waals surface area contributed by atoms with E-state index in [1.54, 1.807) is 18.2 Å². The molecule has 2 aromatic rings. The normalized spacial score (nSPS) is 12.4. The van der Waals surface area contributed by atoms with Crippen molar-refractivity contribution in [1.29, 1.82) is 0 Å². The van der Waals surface area contributed by atoms with Gasteiger partial charge in [-0.3, -0.25) is 4.79 Å². The van der Waals surface area contributed by atoms with Crippen LogP contribution in [-0.2, 0) is 0 Å². The maximum atomic E-state index is 12.2. The van der Waals surface area contributed by atoms with Gasteiger partial charge in [0.05, 0.1) is 0 Å². The van der Waals surface area contributed by atoms with Crippen LogP contribution in [-0.4, -0.2) is 5.78 Å². The highest BCUT2D eigenvalue weighted by Gasteiger charge is 2.27. The number of hydrogen-bond donors (Lipinski definition) is 2. The van der Waals surface area contributed by atoms with Crippen LogP contribution in [0.25, 0.3) is 11.1 Å². The molecule has 0 radical (unpaired) electrons. The van der Waals surface area contributed by atoms with Gasteiger partial charge in [-0.05, 0) is 51.3 Å². The van der Waals surface area contributed by atoms with Gasteiger partial charge >= 0.3 is 0 Å². The molecule has 3 nitrogen and oxygen atoms in total. The maximum Gasteiger partial charge on any atom is 0.194 e. The van der Waals surface area contributed by atoms with Gasteiger partial charge in [0.1, 0.15) is 0 Å². The zero-order valence-corrected chi connectivity index (χ0v) is 10.4. The summed E-state index contributed by atoms with van der Waals surface area (Å²) in [4.78, 5) is 12.2. The van der Waals surface area contributed by atoms with Gasteiger partial charge in [0.15, 0.2) is 5.78 Å². The van der Waals surface area contributed by atoms with Crippen molar-refractivity contribution < 1.29 is 4.79 Å².